The summed E-state index contributed by atoms with van der Waals surface area (Å²) >= 11 is 5.15. The molecule has 20 heavy (non-hydrogen) atoms. The van der Waals surface area contributed by atoms with Crippen molar-refractivity contribution in [1.29, 1.82) is 0 Å². The first-order valence-electron chi connectivity index (χ1n) is 6.71. The predicted octanol–water partition coefficient (Wildman–Crippen LogP) is 5.04. The number of hydrogen-bond acceptors (Lipinski definition) is 4. The molecule has 0 aliphatic carbocycles. The SMILES string of the molecule is CCNc1ncc(COc2ccc(Br)cc2C(C)C)s1. The molecular weight excluding hydrogens is 336 g/mol. The van der Waals surface area contributed by atoms with Crippen molar-refractivity contribution >= 4 is 32.4 Å². The Morgan fingerprint density at radius 1 is 1.40 bits per heavy atom. The van der Waals surface area contributed by atoms with Gasteiger partial charge in [-0.15, -0.1) is 0 Å². The molecule has 3 nitrogen and oxygen atoms in total. The molecule has 0 spiro atoms. The number of anilines is 1. The number of thiazole rings is 1. The van der Waals surface area contributed by atoms with Gasteiger partial charge < -0.3 is 10.1 Å². The number of halogens is 1. The molecule has 0 unspecified atom stereocenters. The van der Waals surface area contributed by atoms with Crippen LogP contribution in [0.15, 0.2) is 28.9 Å². The zero-order chi connectivity index (χ0) is 14.5. The minimum atomic E-state index is 0.432. The van der Waals surface area contributed by atoms with Crippen molar-refractivity contribution in [1.82, 2.24) is 4.98 Å². The summed E-state index contributed by atoms with van der Waals surface area (Å²) in [6.07, 6.45) is 1.87. The van der Waals surface area contributed by atoms with E-state index in [1.807, 2.05) is 18.3 Å². The summed E-state index contributed by atoms with van der Waals surface area (Å²) in [5, 5.41) is 4.16. The van der Waals surface area contributed by atoms with Gasteiger partial charge in [-0.05, 0) is 36.6 Å². The van der Waals surface area contributed by atoms with Crippen molar-refractivity contribution in [3.8, 4) is 5.75 Å². The second-order valence-corrected chi connectivity index (χ2v) is 6.82. The second-order valence-electron chi connectivity index (χ2n) is 4.79. The van der Waals surface area contributed by atoms with Gasteiger partial charge in [-0.3, -0.25) is 0 Å². The molecule has 0 radical (unpaired) electrons. The van der Waals surface area contributed by atoms with Gasteiger partial charge in [0.25, 0.3) is 0 Å². The van der Waals surface area contributed by atoms with Crippen molar-refractivity contribution < 1.29 is 4.74 Å². The average molecular weight is 355 g/mol. The van der Waals surface area contributed by atoms with Crippen LogP contribution in [0.1, 0.15) is 37.1 Å². The number of rotatable bonds is 6. The zero-order valence-corrected chi connectivity index (χ0v) is 14.3. The minimum absolute atomic E-state index is 0.432. The molecule has 5 heteroatoms. The lowest BCUT2D eigenvalue weighted by molar-refractivity contribution is 0.305. The number of hydrogen-bond donors (Lipinski definition) is 1. The van der Waals surface area contributed by atoms with Crippen LogP contribution in [0, 0.1) is 0 Å². The quantitative estimate of drug-likeness (QED) is 0.788. The molecule has 2 aromatic rings. The van der Waals surface area contributed by atoms with E-state index in [4.69, 9.17) is 4.74 Å². The minimum Gasteiger partial charge on any atom is -0.488 e. The molecule has 1 aromatic heterocycles. The maximum atomic E-state index is 5.95. The summed E-state index contributed by atoms with van der Waals surface area (Å²) in [4.78, 5) is 5.43. The highest BCUT2D eigenvalue weighted by molar-refractivity contribution is 9.10. The maximum absolute atomic E-state index is 5.95. The molecule has 1 aromatic carbocycles. The van der Waals surface area contributed by atoms with Crippen LogP contribution in [0.3, 0.4) is 0 Å². The maximum Gasteiger partial charge on any atom is 0.182 e. The summed E-state index contributed by atoms with van der Waals surface area (Å²) in [6.45, 7) is 7.85. The fourth-order valence-electron chi connectivity index (χ4n) is 1.86. The Morgan fingerprint density at radius 2 is 2.20 bits per heavy atom. The third kappa shape index (κ3) is 3.96. The average Bonchev–Trinajstić information content (AvgIpc) is 2.85. The van der Waals surface area contributed by atoms with Crippen molar-refractivity contribution in [2.75, 3.05) is 11.9 Å². The van der Waals surface area contributed by atoms with E-state index < -0.39 is 0 Å². The lowest BCUT2D eigenvalue weighted by Gasteiger charge is -2.13. The van der Waals surface area contributed by atoms with Crippen molar-refractivity contribution in [3.63, 3.8) is 0 Å². The Hall–Kier alpha value is -1.07. The Balaban J connectivity index is 2.06. The molecule has 0 aliphatic heterocycles. The van der Waals surface area contributed by atoms with Gasteiger partial charge in [-0.25, -0.2) is 4.98 Å². The first-order valence-corrected chi connectivity index (χ1v) is 8.32. The van der Waals surface area contributed by atoms with Crippen LogP contribution in [0.2, 0.25) is 0 Å². The van der Waals surface area contributed by atoms with E-state index in [1.165, 1.54) is 5.56 Å². The molecule has 0 bridgehead atoms. The van der Waals surface area contributed by atoms with E-state index in [1.54, 1.807) is 11.3 Å². The molecular formula is C15H19BrN2OS. The van der Waals surface area contributed by atoms with Crippen LogP contribution in [0.5, 0.6) is 5.75 Å². The topological polar surface area (TPSA) is 34.2 Å². The van der Waals surface area contributed by atoms with Crippen molar-refractivity contribution in [2.24, 2.45) is 0 Å². The molecule has 0 atom stereocenters. The Kier molecular flexibility index (Phi) is 5.43. The van der Waals surface area contributed by atoms with Crippen molar-refractivity contribution in [3.05, 3.63) is 39.3 Å². The number of ether oxygens (including phenoxy) is 1. The van der Waals surface area contributed by atoms with Gasteiger partial charge in [0.05, 0.1) is 4.88 Å². The molecule has 1 N–H and O–H groups in total. The second kappa shape index (κ2) is 7.09. The zero-order valence-electron chi connectivity index (χ0n) is 11.9. The molecule has 0 saturated heterocycles. The summed E-state index contributed by atoms with van der Waals surface area (Å²) in [5.74, 6) is 1.38. The van der Waals surface area contributed by atoms with E-state index >= 15 is 0 Å². The van der Waals surface area contributed by atoms with Crippen LogP contribution in [-0.4, -0.2) is 11.5 Å². The van der Waals surface area contributed by atoms with E-state index in [9.17, 15) is 0 Å². The summed E-state index contributed by atoms with van der Waals surface area (Å²) in [5.41, 5.74) is 1.22. The molecule has 0 aliphatic rings. The van der Waals surface area contributed by atoms with Crippen LogP contribution in [0.25, 0.3) is 0 Å². The fourth-order valence-corrected chi connectivity index (χ4v) is 3.03. The van der Waals surface area contributed by atoms with E-state index in [-0.39, 0.29) is 0 Å². The van der Waals surface area contributed by atoms with Crippen LogP contribution >= 0.6 is 27.3 Å². The van der Waals surface area contributed by atoms with Crippen LogP contribution < -0.4 is 10.1 Å². The van der Waals surface area contributed by atoms with E-state index in [0.717, 1.165) is 26.8 Å². The van der Waals surface area contributed by atoms with Gasteiger partial charge in [-0.1, -0.05) is 41.1 Å². The molecule has 0 amide bonds. The first kappa shape index (κ1) is 15.3. The van der Waals surface area contributed by atoms with Gasteiger partial charge in [0, 0.05) is 17.2 Å². The Morgan fingerprint density at radius 3 is 2.90 bits per heavy atom. The lowest BCUT2D eigenvalue weighted by atomic mass is 10.0. The summed E-state index contributed by atoms with van der Waals surface area (Å²) in [6, 6.07) is 6.15. The number of nitrogens with zero attached hydrogens (tertiary/aromatic N) is 1. The molecule has 0 fully saturated rings. The fraction of sp³-hybridized carbons (Fsp3) is 0.400. The lowest BCUT2D eigenvalue weighted by Crippen LogP contribution is -1.98. The van der Waals surface area contributed by atoms with Gasteiger partial charge in [0.2, 0.25) is 0 Å². The first-order chi connectivity index (χ1) is 9.60. The standard InChI is InChI=1S/C15H19BrN2OS/c1-4-17-15-18-8-12(20-15)9-19-14-6-5-11(16)7-13(14)10(2)3/h5-8,10H,4,9H2,1-3H3,(H,17,18). The largest absolute Gasteiger partial charge is 0.488 e. The Labute approximate surface area is 132 Å². The highest BCUT2D eigenvalue weighted by atomic mass is 79.9. The van der Waals surface area contributed by atoms with E-state index in [2.05, 4.69) is 53.1 Å². The molecule has 1 heterocycles. The number of aromatic nitrogens is 1. The van der Waals surface area contributed by atoms with Gasteiger partial charge in [0.1, 0.15) is 12.4 Å². The highest BCUT2D eigenvalue weighted by Gasteiger charge is 2.09. The number of benzene rings is 1. The molecule has 0 saturated carbocycles. The van der Waals surface area contributed by atoms with Crippen molar-refractivity contribution in [2.45, 2.75) is 33.3 Å². The Bertz CT molecular complexity index is 569. The molecule has 108 valence electrons. The highest BCUT2D eigenvalue weighted by Crippen LogP contribution is 2.30. The van der Waals surface area contributed by atoms with E-state index in [0.29, 0.717) is 12.5 Å². The summed E-state index contributed by atoms with van der Waals surface area (Å²) < 4.78 is 7.04. The van der Waals surface area contributed by atoms with Gasteiger partial charge >= 0.3 is 0 Å². The summed E-state index contributed by atoms with van der Waals surface area (Å²) in [7, 11) is 0. The van der Waals surface area contributed by atoms with Crippen LogP contribution in [0.4, 0.5) is 5.13 Å². The van der Waals surface area contributed by atoms with Crippen LogP contribution in [-0.2, 0) is 6.61 Å². The van der Waals surface area contributed by atoms with Gasteiger partial charge in [-0.2, -0.15) is 0 Å². The predicted molar refractivity (Wildman–Crippen MR) is 88.8 cm³/mol. The normalized spacial score (nSPS) is 10.8. The molecule has 2 rings (SSSR count). The third-order valence-corrected chi connectivity index (χ3v) is 4.27. The van der Waals surface area contributed by atoms with Gasteiger partial charge in [0.15, 0.2) is 5.13 Å². The monoisotopic (exact) mass is 354 g/mol. The smallest absolute Gasteiger partial charge is 0.182 e. The third-order valence-electron chi connectivity index (χ3n) is 2.85. The number of nitrogens with one attached hydrogen (secondary N) is 1.